The highest BCUT2D eigenvalue weighted by Gasteiger charge is 2.26. The van der Waals surface area contributed by atoms with Crippen LogP contribution < -0.4 is 0 Å². The lowest BCUT2D eigenvalue weighted by Crippen LogP contribution is -2.33. The molecular formula is C19H27N5O2. The van der Waals surface area contributed by atoms with Crippen molar-refractivity contribution in [3.63, 3.8) is 0 Å². The van der Waals surface area contributed by atoms with Crippen LogP contribution in [0.1, 0.15) is 49.1 Å². The number of rotatable bonds is 5. The standard InChI is InChI=1S/C19H27N5O2/c1-22-8-4-5-16(22)14-23-11-6-15(7-12-23)19-21-20-17(26-19)13-18(25)24-9-2-3-10-24/h4-5,8,15H,2-3,6-7,9-14H2,1H3. The van der Waals surface area contributed by atoms with Crippen molar-refractivity contribution < 1.29 is 9.21 Å². The highest BCUT2D eigenvalue weighted by Crippen LogP contribution is 2.28. The maximum absolute atomic E-state index is 12.2. The predicted octanol–water partition coefficient (Wildman–Crippen LogP) is 1.95. The van der Waals surface area contributed by atoms with Crippen molar-refractivity contribution in [1.29, 1.82) is 0 Å². The van der Waals surface area contributed by atoms with Gasteiger partial charge in [-0.05, 0) is 50.9 Å². The molecule has 140 valence electrons. The van der Waals surface area contributed by atoms with Crippen LogP contribution in [0, 0.1) is 0 Å². The Morgan fingerprint density at radius 1 is 1.19 bits per heavy atom. The molecule has 4 heterocycles. The Hall–Kier alpha value is -2.15. The summed E-state index contributed by atoms with van der Waals surface area (Å²) in [5.74, 6) is 1.58. The molecule has 2 aliphatic heterocycles. The van der Waals surface area contributed by atoms with E-state index in [9.17, 15) is 4.79 Å². The van der Waals surface area contributed by atoms with Crippen LogP contribution in [0.5, 0.6) is 0 Å². The summed E-state index contributed by atoms with van der Waals surface area (Å²) in [5.41, 5.74) is 1.34. The van der Waals surface area contributed by atoms with Gasteiger partial charge in [0.25, 0.3) is 0 Å². The largest absolute Gasteiger partial charge is 0.424 e. The van der Waals surface area contributed by atoms with Crippen molar-refractivity contribution >= 4 is 5.91 Å². The minimum absolute atomic E-state index is 0.107. The van der Waals surface area contributed by atoms with Gasteiger partial charge < -0.3 is 13.9 Å². The quantitative estimate of drug-likeness (QED) is 0.818. The zero-order chi connectivity index (χ0) is 17.9. The molecule has 4 rings (SSSR count). The molecule has 2 fully saturated rings. The first-order valence-electron chi connectivity index (χ1n) is 9.61. The van der Waals surface area contributed by atoms with Crippen molar-refractivity contribution in [3.05, 3.63) is 35.8 Å². The van der Waals surface area contributed by atoms with E-state index in [-0.39, 0.29) is 12.3 Å². The molecule has 0 radical (unpaired) electrons. The van der Waals surface area contributed by atoms with Crippen LogP contribution in [0.3, 0.4) is 0 Å². The summed E-state index contributed by atoms with van der Waals surface area (Å²) in [5, 5.41) is 8.34. The van der Waals surface area contributed by atoms with E-state index in [2.05, 4.69) is 45.0 Å². The Morgan fingerprint density at radius 2 is 1.96 bits per heavy atom. The summed E-state index contributed by atoms with van der Waals surface area (Å²) in [4.78, 5) is 16.6. The summed E-state index contributed by atoms with van der Waals surface area (Å²) >= 11 is 0. The van der Waals surface area contributed by atoms with Gasteiger partial charge in [-0.2, -0.15) is 0 Å². The number of likely N-dealkylation sites (tertiary alicyclic amines) is 2. The lowest BCUT2D eigenvalue weighted by Gasteiger charge is -2.30. The molecule has 2 saturated heterocycles. The van der Waals surface area contributed by atoms with Crippen LogP contribution in [0.25, 0.3) is 0 Å². The van der Waals surface area contributed by atoms with Gasteiger partial charge in [-0.1, -0.05) is 0 Å². The van der Waals surface area contributed by atoms with Crippen LogP contribution in [0.15, 0.2) is 22.7 Å². The van der Waals surface area contributed by atoms with E-state index in [1.54, 1.807) is 0 Å². The van der Waals surface area contributed by atoms with Gasteiger partial charge in [-0.15, -0.1) is 10.2 Å². The van der Waals surface area contributed by atoms with Gasteiger partial charge in [0.05, 0.1) is 0 Å². The second-order valence-corrected chi connectivity index (χ2v) is 7.46. The Kier molecular flexibility index (Phi) is 5.06. The summed E-state index contributed by atoms with van der Waals surface area (Å²) in [6.07, 6.45) is 6.56. The third-order valence-corrected chi connectivity index (χ3v) is 5.62. The number of hydrogen-bond donors (Lipinski definition) is 0. The van der Waals surface area contributed by atoms with E-state index < -0.39 is 0 Å². The van der Waals surface area contributed by atoms with Crippen LogP contribution in [-0.4, -0.2) is 56.7 Å². The van der Waals surface area contributed by atoms with Crippen molar-refractivity contribution in [2.24, 2.45) is 7.05 Å². The van der Waals surface area contributed by atoms with Crippen molar-refractivity contribution in [3.8, 4) is 0 Å². The molecule has 2 aromatic heterocycles. The normalized spacial score (nSPS) is 19.3. The average molecular weight is 357 g/mol. The lowest BCUT2D eigenvalue weighted by atomic mass is 9.97. The maximum atomic E-state index is 12.2. The van der Waals surface area contributed by atoms with E-state index >= 15 is 0 Å². The van der Waals surface area contributed by atoms with Crippen LogP contribution >= 0.6 is 0 Å². The molecule has 0 spiro atoms. The third-order valence-electron chi connectivity index (χ3n) is 5.62. The Bertz CT molecular complexity index is 739. The number of nitrogens with zero attached hydrogens (tertiary/aromatic N) is 5. The molecule has 0 unspecified atom stereocenters. The molecule has 0 N–H and O–H groups in total. The minimum Gasteiger partial charge on any atom is -0.424 e. The van der Waals surface area contributed by atoms with Gasteiger partial charge in [-0.25, -0.2) is 0 Å². The predicted molar refractivity (Wildman–Crippen MR) is 96.5 cm³/mol. The van der Waals surface area contributed by atoms with Crippen LogP contribution in [-0.2, 0) is 24.8 Å². The van der Waals surface area contributed by atoms with Crippen molar-refractivity contribution in [1.82, 2.24) is 24.6 Å². The lowest BCUT2D eigenvalue weighted by molar-refractivity contribution is -0.129. The third kappa shape index (κ3) is 3.82. The van der Waals surface area contributed by atoms with Gasteiger partial charge in [0, 0.05) is 44.5 Å². The number of aromatic nitrogens is 3. The number of carbonyl (C=O) groups excluding carboxylic acids is 1. The molecule has 0 aromatic carbocycles. The van der Waals surface area contributed by atoms with Gasteiger partial charge in [0.2, 0.25) is 17.7 Å². The van der Waals surface area contributed by atoms with Crippen molar-refractivity contribution in [2.75, 3.05) is 26.2 Å². The zero-order valence-electron chi connectivity index (χ0n) is 15.4. The fourth-order valence-electron chi connectivity index (χ4n) is 3.94. The van der Waals surface area contributed by atoms with Crippen LogP contribution in [0.2, 0.25) is 0 Å². The highest BCUT2D eigenvalue weighted by molar-refractivity contribution is 5.78. The smallest absolute Gasteiger partial charge is 0.231 e. The molecule has 2 aromatic rings. The number of hydrogen-bond acceptors (Lipinski definition) is 5. The fraction of sp³-hybridized carbons (Fsp3) is 0.632. The molecule has 0 saturated carbocycles. The van der Waals surface area contributed by atoms with Crippen molar-refractivity contribution in [2.45, 2.75) is 44.6 Å². The van der Waals surface area contributed by atoms with E-state index in [4.69, 9.17) is 4.42 Å². The molecule has 2 aliphatic rings. The maximum Gasteiger partial charge on any atom is 0.231 e. The van der Waals surface area contributed by atoms with Gasteiger partial charge in [0.1, 0.15) is 6.42 Å². The van der Waals surface area contributed by atoms with E-state index in [0.29, 0.717) is 17.7 Å². The Morgan fingerprint density at radius 3 is 2.65 bits per heavy atom. The second kappa shape index (κ2) is 7.61. The fourth-order valence-corrected chi connectivity index (χ4v) is 3.94. The molecule has 0 bridgehead atoms. The first-order valence-corrected chi connectivity index (χ1v) is 9.61. The molecule has 0 atom stereocenters. The molecule has 7 heteroatoms. The number of aryl methyl sites for hydroxylation is 1. The number of carbonyl (C=O) groups is 1. The molecule has 26 heavy (non-hydrogen) atoms. The summed E-state index contributed by atoms with van der Waals surface area (Å²) in [6.45, 7) is 4.76. The molecule has 1 amide bonds. The second-order valence-electron chi connectivity index (χ2n) is 7.46. The summed E-state index contributed by atoms with van der Waals surface area (Å²) in [6, 6.07) is 4.26. The van der Waals surface area contributed by atoms with E-state index in [0.717, 1.165) is 58.4 Å². The van der Waals surface area contributed by atoms with Gasteiger partial charge in [-0.3, -0.25) is 9.69 Å². The highest BCUT2D eigenvalue weighted by atomic mass is 16.4. The Balaban J connectivity index is 1.28. The average Bonchev–Trinajstić information content (AvgIpc) is 3.39. The molecule has 0 aliphatic carbocycles. The summed E-state index contributed by atoms with van der Waals surface area (Å²) < 4.78 is 8.00. The Labute approximate surface area is 154 Å². The van der Waals surface area contributed by atoms with E-state index in [1.807, 2.05) is 4.90 Å². The monoisotopic (exact) mass is 357 g/mol. The zero-order valence-corrected chi connectivity index (χ0v) is 15.4. The number of piperidine rings is 1. The number of amides is 1. The first kappa shape index (κ1) is 17.3. The molecule has 7 nitrogen and oxygen atoms in total. The van der Waals surface area contributed by atoms with E-state index in [1.165, 1.54) is 5.69 Å². The van der Waals surface area contributed by atoms with Gasteiger partial charge in [0.15, 0.2) is 0 Å². The first-order chi connectivity index (χ1) is 12.7. The minimum atomic E-state index is 0.107. The van der Waals surface area contributed by atoms with Gasteiger partial charge >= 0.3 is 0 Å². The molecular weight excluding hydrogens is 330 g/mol. The SMILES string of the molecule is Cn1cccc1CN1CCC(c2nnc(CC(=O)N3CCCC3)o2)CC1. The van der Waals surface area contributed by atoms with Crippen LogP contribution in [0.4, 0.5) is 0 Å². The summed E-state index contributed by atoms with van der Waals surface area (Å²) in [7, 11) is 2.09. The topological polar surface area (TPSA) is 67.4 Å².